The lowest BCUT2D eigenvalue weighted by Crippen LogP contribution is -2.27. The minimum Gasteiger partial charge on any atom is -0.336 e. The van der Waals surface area contributed by atoms with Crippen molar-refractivity contribution >= 4 is 23.1 Å². The summed E-state index contributed by atoms with van der Waals surface area (Å²) in [6.45, 7) is 0.434. The Labute approximate surface area is 113 Å². The van der Waals surface area contributed by atoms with E-state index in [2.05, 4.69) is 10.4 Å². The van der Waals surface area contributed by atoms with Crippen LogP contribution in [0.2, 0.25) is 0 Å². The zero-order chi connectivity index (χ0) is 13.8. The maximum absolute atomic E-state index is 13.9. The second kappa shape index (κ2) is 5.77. The molecule has 1 amide bonds. The highest BCUT2D eigenvalue weighted by Crippen LogP contribution is 2.17. The summed E-state index contributed by atoms with van der Waals surface area (Å²) in [4.78, 5) is 18.3. The van der Waals surface area contributed by atoms with Crippen molar-refractivity contribution in [1.82, 2.24) is 9.88 Å². The van der Waals surface area contributed by atoms with Crippen LogP contribution < -0.4 is 11.3 Å². The molecule has 19 heavy (non-hydrogen) atoms. The van der Waals surface area contributed by atoms with Gasteiger partial charge >= 0.3 is 0 Å². The average Bonchev–Trinajstić information content (AvgIpc) is 2.91. The van der Waals surface area contributed by atoms with Crippen molar-refractivity contribution in [2.75, 3.05) is 12.5 Å². The Hall–Kier alpha value is -1.99. The summed E-state index contributed by atoms with van der Waals surface area (Å²) in [5.74, 6) is 3.83. The van der Waals surface area contributed by atoms with E-state index in [4.69, 9.17) is 5.84 Å². The van der Waals surface area contributed by atoms with Gasteiger partial charge in [0.05, 0.1) is 12.1 Å². The van der Waals surface area contributed by atoms with Crippen LogP contribution >= 0.6 is 11.3 Å². The van der Waals surface area contributed by atoms with Gasteiger partial charge < -0.3 is 10.3 Å². The van der Waals surface area contributed by atoms with Crippen molar-refractivity contribution in [1.29, 1.82) is 0 Å². The molecule has 7 heteroatoms. The topological polar surface area (TPSA) is 71.2 Å². The van der Waals surface area contributed by atoms with Crippen LogP contribution in [0, 0.1) is 5.82 Å². The number of carbonyl (C=O) groups excluding carboxylic acids is 1. The predicted octanol–water partition coefficient (Wildman–Crippen LogP) is 1.84. The number of nitrogen functional groups attached to an aromatic ring is 1. The highest BCUT2D eigenvalue weighted by Gasteiger charge is 2.19. The largest absolute Gasteiger partial charge is 0.336 e. The summed E-state index contributed by atoms with van der Waals surface area (Å²) in [6, 6.07) is 5.16. The van der Waals surface area contributed by atoms with E-state index in [-0.39, 0.29) is 11.4 Å². The van der Waals surface area contributed by atoms with E-state index >= 15 is 0 Å². The van der Waals surface area contributed by atoms with E-state index in [0.29, 0.717) is 6.54 Å². The molecule has 0 saturated carbocycles. The number of nitrogens with one attached hydrogen (secondary N) is 1. The molecule has 0 aliphatic rings. The Balaban J connectivity index is 2.19. The summed E-state index contributed by atoms with van der Waals surface area (Å²) >= 11 is 1.54. The monoisotopic (exact) mass is 280 g/mol. The van der Waals surface area contributed by atoms with Gasteiger partial charge in [-0.25, -0.2) is 15.2 Å². The number of rotatable bonds is 4. The highest BCUT2D eigenvalue weighted by atomic mass is 32.1. The second-order valence-corrected chi connectivity index (χ2v) is 4.94. The molecule has 2 aromatic rings. The number of hydrogen-bond donors (Lipinski definition) is 2. The van der Waals surface area contributed by atoms with Gasteiger partial charge in [0, 0.05) is 18.1 Å². The summed E-state index contributed by atoms with van der Waals surface area (Å²) in [5.41, 5.74) is 2.07. The maximum atomic E-state index is 13.9. The number of anilines is 1. The molecule has 0 atom stereocenters. The SMILES string of the molecule is CN(Cc1cccs1)C(=O)c1ccnc(NN)c1F. The standard InChI is InChI=1S/C12H13FN4OS/c1-17(7-8-3-2-6-19-8)12(18)9-4-5-15-11(16-14)10(9)13/h2-6H,7,14H2,1H3,(H,15,16). The molecule has 2 heterocycles. The third-order valence-corrected chi connectivity index (χ3v) is 3.44. The molecular formula is C12H13FN4OS. The number of thiophene rings is 1. The molecule has 0 aliphatic carbocycles. The van der Waals surface area contributed by atoms with Crippen LogP contribution in [0.15, 0.2) is 29.8 Å². The molecular weight excluding hydrogens is 267 g/mol. The van der Waals surface area contributed by atoms with Crippen molar-refractivity contribution in [3.8, 4) is 0 Å². The summed E-state index contributed by atoms with van der Waals surface area (Å²) in [5, 5.41) is 1.93. The number of halogens is 1. The zero-order valence-corrected chi connectivity index (χ0v) is 11.1. The molecule has 0 unspecified atom stereocenters. The normalized spacial score (nSPS) is 10.3. The average molecular weight is 280 g/mol. The van der Waals surface area contributed by atoms with Gasteiger partial charge in [-0.2, -0.15) is 0 Å². The molecule has 5 nitrogen and oxygen atoms in total. The molecule has 0 saturated heterocycles. The molecule has 3 N–H and O–H groups in total. The van der Waals surface area contributed by atoms with Gasteiger partial charge in [-0.15, -0.1) is 11.3 Å². The Bertz CT molecular complexity index is 573. The fraction of sp³-hybridized carbons (Fsp3) is 0.167. The number of hydrazine groups is 1. The van der Waals surface area contributed by atoms with Gasteiger partial charge in [-0.3, -0.25) is 4.79 Å². The minimum atomic E-state index is -0.743. The Morgan fingerprint density at radius 3 is 3.00 bits per heavy atom. The summed E-state index contributed by atoms with van der Waals surface area (Å²) in [6.07, 6.45) is 1.34. The van der Waals surface area contributed by atoms with Crippen molar-refractivity contribution in [3.05, 3.63) is 46.0 Å². The Morgan fingerprint density at radius 2 is 2.37 bits per heavy atom. The van der Waals surface area contributed by atoms with E-state index in [1.807, 2.05) is 17.5 Å². The van der Waals surface area contributed by atoms with Gasteiger partial charge in [0.1, 0.15) is 0 Å². The van der Waals surface area contributed by atoms with E-state index in [0.717, 1.165) is 4.88 Å². The van der Waals surface area contributed by atoms with Gasteiger partial charge in [0.25, 0.3) is 5.91 Å². The molecule has 0 fully saturated rings. The van der Waals surface area contributed by atoms with Crippen LogP contribution in [0.4, 0.5) is 10.2 Å². The fourth-order valence-electron chi connectivity index (χ4n) is 1.62. The number of carbonyl (C=O) groups is 1. The number of nitrogens with zero attached hydrogens (tertiary/aromatic N) is 2. The van der Waals surface area contributed by atoms with Crippen molar-refractivity contribution < 1.29 is 9.18 Å². The van der Waals surface area contributed by atoms with Gasteiger partial charge in [0.2, 0.25) is 0 Å². The third kappa shape index (κ3) is 2.88. The summed E-state index contributed by atoms with van der Waals surface area (Å²) < 4.78 is 13.9. The van der Waals surface area contributed by atoms with Gasteiger partial charge in [-0.05, 0) is 17.5 Å². The zero-order valence-electron chi connectivity index (χ0n) is 10.3. The first kappa shape index (κ1) is 13.4. The van der Waals surface area contributed by atoms with E-state index in [9.17, 15) is 9.18 Å². The maximum Gasteiger partial charge on any atom is 0.257 e. The van der Waals surface area contributed by atoms with Crippen molar-refractivity contribution in [2.24, 2.45) is 5.84 Å². The molecule has 2 rings (SSSR count). The number of hydrogen-bond acceptors (Lipinski definition) is 5. The van der Waals surface area contributed by atoms with E-state index < -0.39 is 11.7 Å². The van der Waals surface area contributed by atoms with Crippen LogP contribution in [0.25, 0.3) is 0 Å². The predicted molar refractivity (Wildman–Crippen MR) is 72.1 cm³/mol. The number of amides is 1. The van der Waals surface area contributed by atoms with Crippen molar-refractivity contribution in [2.45, 2.75) is 6.54 Å². The molecule has 0 spiro atoms. The lowest BCUT2D eigenvalue weighted by molar-refractivity contribution is 0.0782. The second-order valence-electron chi connectivity index (χ2n) is 3.91. The molecule has 0 aliphatic heterocycles. The first-order valence-electron chi connectivity index (χ1n) is 5.52. The first-order chi connectivity index (χ1) is 9.13. The van der Waals surface area contributed by atoms with Crippen LogP contribution in [-0.4, -0.2) is 22.8 Å². The Kier molecular flexibility index (Phi) is 4.08. The van der Waals surface area contributed by atoms with E-state index in [1.54, 1.807) is 18.4 Å². The van der Waals surface area contributed by atoms with Crippen molar-refractivity contribution in [3.63, 3.8) is 0 Å². The molecule has 0 bridgehead atoms. The smallest absolute Gasteiger partial charge is 0.257 e. The van der Waals surface area contributed by atoms with Crippen LogP contribution in [-0.2, 0) is 6.54 Å². The van der Waals surface area contributed by atoms with Gasteiger partial charge in [-0.1, -0.05) is 6.07 Å². The summed E-state index contributed by atoms with van der Waals surface area (Å²) in [7, 11) is 1.62. The molecule has 100 valence electrons. The third-order valence-electron chi connectivity index (χ3n) is 2.58. The molecule has 2 aromatic heterocycles. The molecule has 0 radical (unpaired) electrons. The van der Waals surface area contributed by atoms with Gasteiger partial charge in [0.15, 0.2) is 11.6 Å². The molecule has 0 aromatic carbocycles. The number of pyridine rings is 1. The Morgan fingerprint density at radius 1 is 1.58 bits per heavy atom. The lowest BCUT2D eigenvalue weighted by atomic mass is 10.2. The number of aromatic nitrogens is 1. The first-order valence-corrected chi connectivity index (χ1v) is 6.40. The quantitative estimate of drug-likeness (QED) is 0.662. The minimum absolute atomic E-state index is 0.0537. The number of nitrogens with two attached hydrogens (primary N) is 1. The van der Waals surface area contributed by atoms with Crippen LogP contribution in [0.5, 0.6) is 0 Å². The van der Waals surface area contributed by atoms with E-state index in [1.165, 1.54) is 17.2 Å². The van der Waals surface area contributed by atoms with Crippen LogP contribution in [0.1, 0.15) is 15.2 Å². The highest BCUT2D eigenvalue weighted by molar-refractivity contribution is 7.09. The van der Waals surface area contributed by atoms with Crippen LogP contribution in [0.3, 0.4) is 0 Å². The lowest BCUT2D eigenvalue weighted by Gasteiger charge is -2.17. The fourth-order valence-corrected chi connectivity index (χ4v) is 2.38.